The predicted octanol–water partition coefficient (Wildman–Crippen LogP) is 2.60. The summed E-state index contributed by atoms with van der Waals surface area (Å²) in [5.74, 6) is 0.524. The van der Waals surface area contributed by atoms with Gasteiger partial charge in [0.2, 0.25) is 0 Å². The first-order chi connectivity index (χ1) is 7.29. The molecule has 2 aromatic rings. The monoisotopic (exact) mass is 199 g/mol. The molecule has 15 heavy (non-hydrogen) atoms. The van der Waals surface area contributed by atoms with Crippen molar-refractivity contribution in [2.45, 2.75) is 6.92 Å². The Balaban J connectivity index is 2.23. The van der Waals surface area contributed by atoms with Gasteiger partial charge in [-0.2, -0.15) is 10.2 Å². The molecule has 0 aliphatic carbocycles. The number of nitrogens with one attached hydrogen (secondary N) is 1. The van der Waals surface area contributed by atoms with E-state index < -0.39 is 0 Å². The highest BCUT2D eigenvalue weighted by Crippen LogP contribution is 2.18. The van der Waals surface area contributed by atoms with Crippen molar-refractivity contribution in [3.8, 4) is 6.07 Å². The van der Waals surface area contributed by atoms with E-state index in [1.807, 2.05) is 36.4 Å². The van der Waals surface area contributed by atoms with Gasteiger partial charge in [0.25, 0.3) is 0 Å². The Labute approximate surface area is 87.2 Å². The van der Waals surface area contributed by atoms with Gasteiger partial charge in [-0.25, -0.2) is 0 Å². The average Bonchev–Trinajstić information content (AvgIpc) is 2.60. The summed E-state index contributed by atoms with van der Waals surface area (Å²) < 4.78 is 5.26. The lowest BCUT2D eigenvalue weighted by Gasteiger charge is -1.99. The first kappa shape index (κ1) is 9.28. The Morgan fingerprint density at radius 1 is 1.33 bits per heavy atom. The van der Waals surface area contributed by atoms with Gasteiger partial charge in [0.1, 0.15) is 11.8 Å². The molecule has 1 N–H and O–H groups in total. The minimum absolute atomic E-state index is 0.313. The molecule has 1 aromatic heterocycles. The Morgan fingerprint density at radius 3 is 2.67 bits per heavy atom. The molecule has 0 fully saturated rings. The molecule has 0 saturated heterocycles. The van der Waals surface area contributed by atoms with Crippen LogP contribution in [0.2, 0.25) is 0 Å². The molecular formula is C11H9N3O. The standard InChI is InChI=1S/C11H9N3O/c1-8-10(7-12)14-11(15-8)13-9-5-3-2-4-6-9/h2-6H,1H3,(H,13,14). The van der Waals surface area contributed by atoms with Crippen molar-refractivity contribution in [2.75, 3.05) is 5.32 Å². The van der Waals surface area contributed by atoms with Gasteiger partial charge >= 0.3 is 6.01 Å². The lowest BCUT2D eigenvalue weighted by Crippen LogP contribution is -1.89. The Bertz CT molecular complexity index is 496. The lowest BCUT2D eigenvalue weighted by molar-refractivity contribution is 0.545. The smallest absolute Gasteiger partial charge is 0.300 e. The summed E-state index contributed by atoms with van der Waals surface area (Å²) in [5.41, 5.74) is 1.19. The van der Waals surface area contributed by atoms with Crippen LogP contribution >= 0.6 is 0 Å². The third-order valence-corrected chi connectivity index (χ3v) is 1.93. The number of aryl methyl sites for hydroxylation is 1. The molecule has 4 heteroatoms. The normalized spacial score (nSPS) is 9.60. The molecular weight excluding hydrogens is 190 g/mol. The fourth-order valence-corrected chi connectivity index (χ4v) is 1.20. The highest BCUT2D eigenvalue weighted by atomic mass is 16.4. The van der Waals surface area contributed by atoms with Crippen LogP contribution in [0.3, 0.4) is 0 Å². The van der Waals surface area contributed by atoms with Gasteiger partial charge in [-0.05, 0) is 19.1 Å². The van der Waals surface area contributed by atoms with E-state index in [2.05, 4.69) is 10.3 Å². The zero-order valence-electron chi connectivity index (χ0n) is 8.19. The number of para-hydroxylation sites is 1. The molecule has 0 bridgehead atoms. The summed E-state index contributed by atoms with van der Waals surface area (Å²) in [4.78, 5) is 3.98. The van der Waals surface area contributed by atoms with Crippen molar-refractivity contribution < 1.29 is 4.42 Å². The number of aromatic nitrogens is 1. The highest BCUT2D eigenvalue weighted by molar-refractivity contribution is 5.52. The Kier molecular flexibility index (Phi) is 2.38. The molecule has 0 unspecified atom stereocenters. The van der Waals surface area contributed by atoms with Crippen molar-refractivity contribution in [1.29, 1.82) is 5.26 Å². The highest BCUT2D eigenvalue weighted by Gasteiger charge is 2.07. The molecule has 0 saturated carbocycles. The molecule has 0 spiro atoms. The molecule has 1 aromatic carbocycles. The van der Waals surface area contributed by atoms with Crippen LogP contribution in [0.5, 0.6) is 0 Å². The number of benzene rings is 1. The van der Waals surface area contributed by atoms with Gasteiger partial charge in [-0.15, -0.1) is 0 Å². The van der Waals surface area contributed by atoms with Crippen molar-refractivity contribution in [3.05, 3.63) is 41.8 Å². The van der Waals surface area contributed by atoms with Crippen LogP contribution in [0.1, 0.15) is 11.5 Å². The summed E-state index contributed by atoms with van der Waals surface area (Å²) >= 11 is 0. The average molecular weight is 199 g/mol. The lowest BCUT2D eigenvalue weighted by atomic mass is 10.3. The van der Waals surface area contributed by atoms with E-state index in [1.165, 1.54) is 0 Å². The van der Waals surface area contributed by atoms with Crippen LogP contribution in [-0.4, -0.2) is 4.98 Å². The van der Waals surface area contributed by atoms with Gasteiger partial charge in [0, 0.05) is 5.69 Å². The third kappa shape index (κ3) is 1.97. The number of nitriles is 1. The second-order valence-electron chi connectivity index (χ2n) is 3.03. The summed E-state index contributed by atoms with van der Waals surface area (Å²) in [6, 6.07) is 11.8. The second kappa shape index (κ2) is 3.84. The van der Waals surface area contributed by atoms with E-state index >= 15 is 0 Å². The topological polar surface area (TPSA) is 61.9 Å². The predicted molar refractivity (Wildman–Crippen MR) is 55.7 cm³/mol. The maximum Gasteiger partial charge on any atom is 0.300 e. The van der Waals surface area contributed by atoms with Crippen LogP contribution < -0.4 is 5.32 Å². The van der Waals surface area contributed by atoms with Crippen molar-refractivity contribution in [2.24, 2.45) is 0 Å². The molecule has 0 amide bonds. The summed E-state index contributed by atoms with van der Waals surface area (Å²) in [6.07, 6.45) is 0. The first-order valence-electron chi connectivity index (χ1n) is 4.49. The maximum absolute atomic E-state index is 8.70. The first-order valence-corrected chi connectivity index (χ1v) is 4.49. The van der Waals surface area contributed by atoms with E-state index in [9.17, 15) is 0 Å². The molecule has 0 aliphatic rings. The number of hydrogen-bond donors (Lipinski definition) is 1. The number of nitrogens with zero attached hydrogens (tertiary/aromatic N) is 2. The van der Waals surface area contributed by atoms with Crippen LogP contribution in [-0.2, 0) is 0 Å². The molecule has 0 atom stereocenters. The fraction of sp³-hybridized carbons (Fsp3) is 0.0909. The summed E-state index contributed by atoms with van der Waals surface area (Å²) in [6.45, 7) is 1.71. The summed E-state index contributed by atoms with van der Waals surface area (Å²) in [5, 5.41) is 11.7. The quantitative estimate of drug-likeness (QED) is 0.807. The van der Waals surface area contributed by atoms with Crippen molar-refractivity contribution >= 4 is 11.7 Å². The Morgan fingerprint density at radius 2 is 2.07 bits per heavy atom. The number of hydrogen-bond acceptors (Lipinski definition) is 4. The zero-order valence-corrected chi connectivity index (χ0v) is 8.19. The van der Waals surface area contributed by atoms with Crippen LogP contribution in [0.25, 0.3) is 0 Å². The molecule has 74 valence electrons. The van der Waals surface area contributed by atoms with E-state index in [4.69, 9.17) is 9.68 Å². The van der Waals surface area contributed by atoms with E-state index in [-0.39, 0.29) is 0 Å². The van der Waals surface area contributed by atoms with Gasteiger partial charge in [-0.1, -0.05) is 18.2 Å². The van der Waals surface area contributed by atoms with Crippen LogP contribution in [0.4, 0.5) is 11.7 Å². The van der Waals surface area contributed by atoms with Crippen LogP contribution in [0, 0.1) is 18.3 Å². The van der Waals surface area contributed by atoms with Crippen molar-refractivity contribution in [3.63, 3.8) is 0 Å². The number of oxazole rings is 1. The largest absolute Gasteiger partial charge is 0.427 e. The SMILES string of the molecule is Cc1oc(Nc2ccccc2)nc1C#N. The number of anilines is 2. The molecule has 1 heterocycles. The molecule has 0 aliphatic heterocycles. The maximum atomic E-state index is 8.70. The van der Waals surface area contributed by atoms with Gasteiger partial charge in [-0.3, -0.25) is 0 Å². The minimum Gasteiger partial charge on any atom is -0.427 e. The van der Waals surface area contributed by atoms with Crippen molar-refractivity contribution in [1.82, 2.24) is 4.98 Å². The second-order valence-corrected chi connectivity index (χ2v) is 3.03. The fourth-order valence-electron chi connectivity index (χ4n) is 1.20. The minimum atomic E-state index is 0.313. The molecule has 2 rings (SSSR count). The van der Waals surface area contributed by atoms with E-state index in [1.54, 1.807) is 6.92 Å². The summed E-state index contributed by atoms with van der Waals surface area (Å²) in [7, 11) is 0. The van der Waals surface area contributed by atoms with Gasteiger partial charge in [0.15, 0.2) is 5.69 Å². The van der Waals surface area contributed by atoms with E-state index in [0.717, 1.165) is 5.69 Å². The van der Waals surface area contributed by atoms with Gasteiger partial charge < -0.3 is 9.73 Å². The molecule has 4 nitrogen and oxygen atoms in total. The number of rotatable bonds is 2. The van der Waals surface area contributed by atoms with Crippen LogP contribution in [0.15, 0.2) is 34.7 Å². The van der Waals surface area contributed by atoms with Gasteiger partial charge in [0.05, 0.1) is 0 Å². The Hall–Kier alpha value is -2.28. The van der Waals surface area contributed by atoms with E-state index in [0.29, 0.717) is 17.5 Å². The molecule has 0 radical (unpaired) electrons. The zero-order chi connectivity index (χ0) is 10.7. The third-order valence-electron chi connectivity index (χ3n) is 1.93.